The van der Waals surface area contributed by atoms with E-state index in [-0.39, 0.29) is 14.9 Å². The Hall–Kier alpha value is -2.17. The highest BCUT2D eigenvalue weighted by atomic mass is 35.5. The molecule has 8 nitrogen and oxygen atoms in total. The topological polar surface area (TPSA) is 89.3 Å². The van der Waals surface area contributed by atoms with Gasteiger partial charge in [0.25, 0.3) is 0 Å². The van der Waals surface area contributed by atoms with Gasteiger partial charge in [-0.1, -0.05) is 40.4 Å². The largest absolute Gasteiger partial charge is 0.424 e. The van der Waals surface area contributed by atoms with Gasteiger partial charge in [0.1, 0.15) is 5.75 Å². The molecule has 1 fully saturated rings. The SMILES string of the molecule is CCn1c(Oc2cccc(C3CCN(C(C)C)CC3)c2)nnc1[C@@H](C)NS(=O)(=O)c1ccc(Cl)c(Cl)c1. The molecule has 1 aromatic heterocycles. The van der Waals surface area contributed by atoms with Crippen LogP contribution in [0.3, 0.4) is 0 Å². The van der Waals surface area contributed by atoms with Crippen molar-refractivity contribution in [1.82, 2.24) is 24.4 Å². The minimum atomic E-state index is -3.87. The van der Waals surface area contributed by atoms with Crippen LogP contribution in [-0.2, 0) is 16.6 Å². The number of aromatic nitrogens is 3. The zero-order valence-corrected chi connectivity index (χ0v) is 23.8. The summed E-state index contributed by atoms with van der Waals surface area (Å²) in [5.74, 6) is 1.62. The molecule has 1 aliphatic rings. The highest BCUT2D eigenvalue weighted by molar-refractivity contribution is 7.89. The van der Waals surface area contributed by atoms with Crippen molar-refractivity contribution in [2.45, 2.75) is 70.0 Å². The number of nitrogens with zero attached hydrogens (tertiary/aromatic N) is 4. The summed E-state index contributed by atoms with van der Waals surface area (Å²) in [5.41, 5.74) is 1.26. The summed E-state index contributed by atoms with van der Waals surface area (Å²) in [6.45, 7) is 10.8. The Balaban J connectivity index is 1.48. The third-order valence-corrected chi connectivity index (χ3v) is 9.06. The highest BCUT2D eigenvalue weighted by Gasteiger charge is 2.25. The molecule has 1 N–H and O–H groups in total. The molecule has 1 aliphatic heterocycles. The first-order valence-corrected chi connectivity index (χ1v) is 14.7. The number of sulfonamides is 1. The van der Waals surface area contributed by atoms with Gasteiger partial charge in [0.2, 0.25) is 10.0 Å². The van der Waals surface area contributed by atoms with Gasteiger partial charge in [-0.05, 0) is 95.4 Å². The zero-order valence-electron chi connectivity index (χ0n) is 21.5. The van der Waals surface area contributed by atoms with E-state index in [4.69, 9.17) is 27.9 Å². The second-order valence-corrected chi connectivity index (χ2v) is 12.1. The van der Waals surface area contributed by atoms with E-state index in [0.717, 1.165) is 25.9 Å². The fourth-order valence-electron chi connectivity index (χ4n) is 4.68. The lowest BCUT2D eigenvalue weighted by Gasteiger charge is -2.34. The van der Waals surface area contributed by atoms with Crippen molar-refractivity contribution in [3.8, 4) is 11.8 Å². The van der Waals surface area contributed by atoms with Crippen LogP contribution in [0.25, 0.3) is 0 Å². The lowest BCUT2D eigenvalue weighted by molar-refractivity contribution is 0.172. The number of ether oxygens (including phenoxy) is 1. The molecule has 0 unspecified atom stereocenters. The smallest absolute Gasteiger partial charge is 0.322 e. The van der Waals surface area contributed by atoms with Gasteiger partial charge in [0.05, 0.1) is 21.0 Å². The first-order valence-electron chi connectivity index (χ1n) is 12.5. The van der Waals surface area contributed by atoms with Gasteiger partial charge in [-0.15, -0.1) is 5.10 Å². The summed E-state index contributed by atoms with van der Waals surface area (Å²) in [6, 6.07) is 12.5. The second kappa shape index (κ2) is 11.7. The van der Waals surface area contributed by atoms with Crippen LogP contribution in [-0.4, -0.2) is 47.2 Å². The maximum atomic E-state index is 12.9. The molecule has 11 heteroatoms. The molecule has 2 heterocycles. The Morgan fingerprint density at radius 3 is 2.43 bits per heavy atom. The molecule has 1 saturated heterocycles. The van der Waals surface area contributed by atoms with Crippen molar-refractivity contribution < 1.29 is 13.2 Å². The van der Waals surface area contributed by atoms with Gasteiger partial charge in [-0.25, -0.2) is 13.1 Å². The quantitative estimate of drug-likeness (QED) is 0.341. The van der Waals surface area contributed by atoms with Crippen molar-refractivity contribution >= 4 is 33.2 Å². The van der Waals surface area contributed by atoms with Crippen molar-refractivity contribution in [2.75, 3.05) is 13.1 Å². The maximum Gasteiger partial charge on any atom is 0.322 e. The van der Waals surface area contributed by atoms with Gasteiger partial charge < -0.3 is 9.64 Å². The van der Waals surface area contributed by atoms with Gasteiger partial charge in [-0.3, -0.25) is 4.57 Å². The van der Waals surface area contributed by atoms with E-state index in [9.17, 15) is 8.42 Å². The third kappa shape index (κ3) is 6.46. The molecule has 0 aliphatic carbocycles. The lowest BCUT2D eigenvalue weighted by atomic mass is 9.89. The molecule has 200 valence electrons. The molecule has 0 spiro atoms. The number of rotatable bonds is 9. The number of benzene rings is 2. The Bertz CT molecular complexity index is 1340. The number of halogens is 2. The number of hydrogen-bond donors (Lipinski definition) is 1. The summed E-state index contributed by atoms with van der Waals surface area (Å²) in [7, 11) is -3.87. The second-order valence-electron chi connectivity index (χ2n) is 9.58. The Labute approximate surface area is 229 Å². The zero-order chi connectivity index (χ0) is 26.7. The van der Waals surface area contributed by atoms with Crippen LogP contribution in [0.4, 0.5) is 0 Å². The highest BCUT2D eigenvalue weighted by Crippen LogP contribution is 2.32. The molecule has 0 amide bonds. The predicted octanol–water partition coefficient (Wildman–Crippen LogP) is 6.02. The first kappa shape index (κ1) is 27.9. The molecule has 0 radical (unpaired) electrons. The van der Waals surface area contributed by atoms with E-state index in [1.54, 1.807) is 11.5 Å². The molecule has 1 atom stereocenters. The van der Waals surface area contributed by atoms with Crippen molar-refractivity contribution in [3.05, 3.63) is 63.9 Å². The molecule has 3 aromatic rings. The number of nitrogens with one attached hydrogen (secondary N) is 1. The molecule has 4 rings (SSSR count). The van der Waals surface area contributed by atoms with Crippen molar-refractivity contribution in [2.24, 2.45) is 0 Å². The summed E-state index contributed by atoms with van der Waals surface area (Å²) in [6.07, 6.45) is 2.24. The van der Waals surface area contributed by atoms with Crippen molar-refractivity contribution in [3.63, 3.8) is 0 Å². The van der Waals surface area contributed by atoms with Gasteiger partial charge in [-0.2, -0.15) is 0 Å². The van der Waals surface area contributed by atoms with E-state index in [0.29, 0.717) is 36.1 Å². The molecular formula is C26H33Cl2N5O3S. The summed E-state index contributed by atoms with van der Waals surface area (Å²) >= 11 is 11.9. The Kier molecular flexibility index (Phi) is 8.81. The minimum absolute atomic E-state index is 0.0174. The summed E-state index contributed by atoms with van der Waals surface area (Å²) in [5, 5.41) is 8.90. The van der Waals surface area contributed by atoms with E-state index >= 15 is 0 Å². The molecule has 0 saturated carbocycles. The van der Waals surface area contributed by atoms with Crippen LogP contribution < -0.4 is 9.46 Å². The average molecular weight is 567 g/mol. The molecular weight excluding hydrogens is 533 g/mol. The number of piperidine rings is 1. The lowest BCUT2D eigenvalue weighted by Crippen LogP contribution is -2.37. The average Bonchev–Trinajstić information content (AvgIpc) is 3.28. The maximum absolute atomic E-state index is 12.9. The monoisotopic (exact) mass is 565 g/mol. The van der Waals surface area contributed by atoms with E-state index in [2.05, 4.69) is 45.8 Å². The number of hydrogen-bond acceptors (Lipinski definition) is 6. The summed E-state index contributed by atoms with van der Waals surface area (Å²) < 4.78 is 36.4. The molecule has 0 bridgehead atoms. The fraction of sp³-hybridized carbons (Fsp3) is 0.462. The van der Waals surface area contributed by atoms with E-state index in [1.807, 2.05) is 19.1 Å². The standard InChI is InChI=1S/C26H33Cl2N5O3S/c1-5-33-25(18(4)31-37(34,35)22-9-10-23(27)24(28)16-22)29-30-26(33)36-21-8-6-7-20(15-21)19-11-13-32(14-12-19)17(2)3/h6-10,15-19,31H,5,11-14H2,1-4H3/t18-/m1/s1. The number of likely N-dealkylation sites (tertiary alicyclic amines) is 1. The Morgan fingerprint density at radius 2 is 1.78 bits per heavy atom. The molecule has 2 aromatic carbocycles. The van der Waals surface area contributed by atoms with Crippen LogP contribution in [0.15, 0.2) is 47.4 Å². The van der Waals surface area contributed by atoms with Crippen LogP contribution in [0.5, 0.6) is 11.8 Å². The van der Waals surface area contributed by atoms with Crippen LogP contribution >= 0.6 is 23.2 Å². The summed E-state index contributed by atoms with van der Waals surface area (Å²) in [4.78, 5) is 2.53. The first-order chi connectivity index (χ1) is 17.6. The van der Waals surface area contributed by atoms with E-state index < -0.39 is 16.1 Å². The van der Waals surface area contributed by atoms with Gasteiger partial charge >= 0.3 is 6.01 Å². The third-order valence-electron chi connectivity index (χ3n) is 6.78. The Morgan fingerprint density at radius 1 is 1.05 bits per heavy atom. The fourth-order valence-corrected chi connectivity index (χ4v) is 6.27. The normalized spacial score (nSPS) is 16.3. The van der Waals surface area contributed by atoms with Crippen LogP contribution in [0.1, 0.15) is 63.9 Å². The molecule has 37 heavy (non-hydrogen) atoms. The van der Waals surface area contributed by atoms with Crippen LogP contribution in [0, 0.1) is 0 Å². The van der Waals surface area contributed by atoms with E-state index in [1.165, 1.54) is 23.8 Å². The van der Waals surface area contributed by atoms with Gasteiger partial charge in [0.15, 0.2) is 5.82 Å². The van der Waals surface area contributed by atoms with Crippen molar-refractivity contribution in [1.29, 1.82) is 0 Å². The van der Waals surface area contributed by atoms with Crippen LogP contribution in [0.2, 0.25) is 10.0 Å². The predicted molar refractivity (Wildman–Crippen MR) is 146 cm³/mol. The van der Waals surface area contributed by atoms with Gasteiger partial charge in [0, 0.05) is 12.6 Å². The minimum Gasteiger partial charge on any atom is -0.424 e.